The standard InChI is InChI=1S/C17H17NO/c1-11-8-14(17(19-3)9-12(11)2)16-10-13-6-4-5-7-15(13)18-16/h4-10,18H,1-3H3. The third kappa shape index (κ3) is 1.99. The number of aromatic amines is 1. The minimum absolute atomic E-state index is 0.912. The second-order valence-electron chi connectivity index (χ2n) is 4.91. The summed E-state index contributed by atoms with van der Waals surface area (Å²) in [5.41, 5.74) is 5.88. The smallest absolute Gasteiger partial charge is 0.128 e. The van der Waals surface area contributed by atoms with Crippen LogP contribution in [0.25, 0.3) is 22.2 Å². The number of benzene rings is 2. The van der Waals surface area contributed by atoms with Crippen LogP contribution in [-0.4, -0.2) is 12.1 Å². The maximum Gasteiger partial charge on any atom is 0.128 e. The Balaban J connectivity index is 2.22. The minimum Gasteiger partial charge on any atom is -0.496 e. The van der Waals surface area contributed by atoms with Crippen molar-refractivity contribution in [2.75, 3.05) is 7.11 Å². The van der Waals surface area contributed by atoms with Crippen molar-refractivity contribution in [3.8, 4) is 17.0 Å². The fourth-order valence-corrected chi connectivity index (χ4v) is 2.39. The fourth-order valence-electron chi connectivity index (χ4n) is 2.39. The normalized spacial score (nSPS) is 10.9. The van der Waals surface area contributed by atoms with Gasteiger partial charge in [-0.3, -0.25) is 0 Å². The average molecular weight is 251 g/mol. The van der Waals surface area contributed by atoms with Crippen molar-refractivity contribution in [1.82, 2.24) is 4.98 Å². The van der Waals surface area contributed by atoms with Crippen molar-refractivity contribution in [3.05, 3.63) is 53.6 Å². The largest absolute Gasteiger partial charge is 0.496 e. The van der Waals surface area contributed by atoms with Crippen molar-refractivity contribution >= 4 is 10.9 Å². The summed E-state index contributed by atoms with van der Waals surface area (Å²) in [6.07, 6.45) is 0. The van der Waals surface area contributed by atoms with Crippen molar-refractivity contribution in [1.29, 1.82) is 0 Å². The SMILES string of the molecule is COc1cc(C)c(C)cc1-c1cc2ccccc2[nH]1. The summed E-state index contributed by atoms with van der Waals surface area (Å²) in [7, 11) is 1.72. The van der Waals surface area contributed by atoms with Crippen LogP contribution in [0.3, 0.4) is 0 Å². The predicted octanol–water partition coefficient (Wildman–Crippen LogP) is 4.46. The second kappa shape index (κ2) is 4.47. The highest BCUT2D eigenvalue weighted by Crippen LogP contribution is 2.33. The van der Waals surface area contributed by atoms with Crippen molar-refractivity contribution in [3.63, 3.8) is 0 Å². The number of hydrogen-bond donors (Lipinski definition) is 1. The van der Waals surface area contributed by atoms with E-state index in [0.29, 0.717) is 0 Å². The molecule has 0 aliphatic heterocycles. The molecule has 0 bridgehead atoms. The Bertz CT molecular complexity index is 707. The van der Waals surface area contributed by atoms with Gasteiger partial charge in [-0.05, 0) is 49.2 Å². The summed E-state index contributed by atoms with van der Waals surface area (Å²) in [4.78, 5) is 3.45. The van der Waals surface area contributed by atoms with Crippen LogP contribution < -0.4 is 4.74 Å². The molecule has 2 nitrogen and oxygen atoms in total. The van der Waals surface area contributed by atoms with E-state index in [1.165, 1.54) is 16.5 Å². The van der Waals surface area contributed by atoms with Crippen LogP contribution >= 0.6 is 0 Å². The number of rotatable bonds is 2. The van der Waals surface area contributed by atoms with Crippen LogP contribution in [0.2, 0.25) is 0 Å². The second-order valence-corrected chi connectivity index (χ2v) is 4.91. The van der Waals surface area contributed by atoms with Gasteiger partial charge in [0.2, 0.25) is 0 Å². The third-order valence-corrected chi connectivity index (χ3v) is 3.64. The number of aryl methyl sites for hydroxylation is 2. The van der Waals surface area contributed by atoms with Gasteiger partial charge < -0.3 is 9.72 Å². The molecule has 3 rings (SSSR count). The molecule has 0 radical (unpaired) electrons. The molecule has 0 fully saturated rings. The van der Waals surface area contributed by atoms with E-state index in [0.717, 1.165) is 22.5 Å². The molecule has 0 atom stereocenters. The van der Waals surface area contributed by atoms with E-state index in [4.69, 9.17) is 4.74 Å². The molecular weight excluding hydrogens is 234 g/mol. The van der Waals surface area contributed by atoms with Crippen LogP contribution in [0.5, 0.6) is 5.75 Å². The summed E-state index contributed by atoms with van der Waals surface area (Å²) in [5, 5.41) is 1.22. The van der Waals surface area contributed by atoms with Gasteiger partial charge in [-0.1, -0.05) is 18.2 Å². The number of para-hydroxylation sites is 1. The summed E-state index contributed by atoms with van der Waals surface area (Å²) >= 11 is 0. The van der Waals surface area contributed by atoms with E-state index in [2.05, 4.69) is 55.2 Å². The lowest BCUT2D eigenvalue weighted by atomic mass is 10.0. The Kier molecular flexibility index (Phi) is 2.79. The van der Waals surface area contributed by atoms with Gasteiger partial charge in [-0.15, -0.1) is 0 Å². The van der Waals surface area contributed by atoms with Gasteiger partial charge >= 0.3 is 0 Å². The van der Waals surface area contributed by atoms with Crippen LogP contribution in [0.4, 0.5) is 0 Å². The molecule has 19 heavy (non-hydrogen) atoms. The molecule has 1 heterocycles. The average Bonchev–Trinajstić information content (AvgIpc) is 2.85. The lowest BCUT2D eigenvalue weighted by molar-refractivity contribution is 0.416. The summed E-state index contributed by atoms with van der Waals surface area (Å²) in [6.45, 7) is 4.23. The number of nitrogens with one attached hydrogen (secondary N) is 1. The topological polar surface area (TPSA) is 25.0 Å². The highest BCUT2D eigenvalue weighted by molar-refractivity contribution is 5.87. The van der Waals surface area contributed by atoms with Gasteiger partial charge in [0.25, 0.3) is 0 Å². The van der Waals surface area contributed by atoms with E-state index in [1.54, 1.807) is 7.11 Å². The first-order chi connectivity index (χ1) is 9.19. The van der Waals surface area contributed by atoms with E-state index in [-0.39, 0.29) is 0 Å². The molecule has 0 aliphatic carbocycles. The van der Waals surface area contributed by atoms with E-state index >= 15 is 0 Å². The molecular formula is C17H17NO. The Morgan fingerprint density at radius 2 is 1.68 bits per heavy atom. The monoisotopic (exact) mass is 251 g/mol. The Morgan fingerprint density at radius 1 is 0.947 bits per heavy atom. The molecule has 0 spiro atoms. The number of H-pyrrole nitrogens is 1. The fraction of sp³-hybridized carbons (Fsp3) is 0.176. The number of ether oxygens (including phenoxy) is 1. The Labute approximate surface area is 113 Å². The highest BCUT2D eigenvalue weighted by atomic mass is 16.5. The molecule has 2 heteroatoms. The zero-order valence-corrected chi connectivity index (χ0v) is 11.4. The predicted molar refractivity (Wildman–Crippen MR) is 79.8 cm³/mol. The molecule has 3 aromatic rings. The Morgan fingerprint density at radius 3 is 2.42 bits per heavy atom. The lowest BCUT2D eigenvalue weighted by Crippen LogP contribution is -1.91. The summed E-state index contributed by atoms with van der Waals surface area (Å²) in [5.74, 6) is 0.912. The number of aromatic nitrogens is 1. The molecule has 0 saturated heterocycles. The van der Waals surface area contributed by atoms with Crippen molar-refractivity contribution in [2.45, 2.75) is 13.8 Å². The van der Waals surface area contributed by atoms with Gasteiger partial charge in [-0.2, -0.15) is 0 Å². The molecule has 0 unspecified atom stereocenters. The quantitative estimate of drug-likeness (QED) is 0.714. The van der Waals surface area contributed by atoms with Gasteiger partial charge in [-0.25, -0.2) is 0 Å². The first-order valence-corrected chi connectivity index (χ1v) is 6.42. The zero-order chi connectivity index (χ0) is 13.4. The van der Waals surface area contributed by atoms with E-state index < -0.39 is 0 Å². The van der Waals surface area contributed by atoms with Gasteiger partial charge in [0, 0.05) is 16.5 Å². The number of fused-ring (bicyclic) bond motifs is 1. The van der Waals surface area contributed by atoms with Gasteiger partial charge in [0.05, 0.1) is 12.8 Å². The molecule has 0 amide bonds. The van der Waals surface area contributed by atoms with E-state index in [9.17, 15) is 0 Å². The number of hydrogen-bond acceptors (Lipinski definition) is 1. The van der Waals surface area contributed by atoms with E-state index in [1.807, 2.05) is 6.07 Å². The molecule has 2 aromatic carbocycles. The lowest BCUT2D eigenvalue weighted by Gasteiger charge is -2.10. The van der Waals surface area contributed by atoms with Crippen LogP contribution in [0.1, 0.15) is 11.1 Å². The van der Waals surface area contributed by atoms with Gasteiger partial charge in [0.1, 0.15) is 5.75 Å². The van der Waals surface area contributed by atoms with Crippen molar-refractivity contribution < 1.29 is 4.74 Å². The highest BCUT2D eigenvalue weighted by Gasteiger charge is 2.10. The molecule has 96 valence electrons. The molecule has 0 aliphatic rings. The van der Waals surface area contributed by atoms with Crippen LogP contribution in [0, 0.1) is 13.8 Å². The molecule has 1 aromatic heterocycles. The first-order valence-electron chi connectivity index (χ1n) is 6.42. The van der Waals surface area contributed by atoms with Crippen LogP contribution in [0.15, 0.2) is 42.5 Å². The summed E-state index contributed by atoms with van der Waals surface area (Å²) in [6, 6.07) is 14.7. The minimum atomic E-state index is 0.912. The van der Waals surface area contributed by atoms with Crippen LogP contribution in [-0.2, 0) is 0 Å². The third-order valence-electron chi connectivity index (χ3n) is 3.64. The van der Waals surface area contributed by atoms with Crippen molar-refractivity contribution in [2.24, 2.45) is 0 Å². The maximum absolute atomic E-state index is 5.51. The maximum atomic E-state index is 5.51. The zero-order valence-electron chi connectivity index (χ0n) is 11.4. The summed E-state index contributed by atoms with van der Waals surface area (Å²) < 4.78 is 5.51. The molecule has 0 saturated carbocycles. The van der Waals surface area contributed by atoms with Gasteiger partial charge in [0.15, 0.2) is 0 Å². The Hall–Kier alpha value is -2.22. The first kappa shape index (κ1) is 11.8. The number of methoxy groups -OCH3 is 1. The molecule has 1 N–H and O–H groups in total.